The molecule has 0 fully saturated rings. The molecule has 0 heterocycles. The maximum Gasteiger partial charge on any atom is 0.335 e. The molecule has 0 aromatic heterocycles. The molecule has 0 amide bonds. The third-order valence-corrected chi connectivity index (χ3v) is 1.29. The van der Waals surface area contributed by atoms with Crippen molar-refractivity contribution >= 4 is 5.97 Å². The third kappa shape index (κ3) is 3.05. The molecule has 0 saturated heterocycles. The van der Waals surface area contributed by atoms with Gasteiger partial charge >= 0.3 is 5.97 Å². The quantitative estimate of drug-likeness (QED) is 0.375. The number of hydrogen-bond donors (Lipinski definition) is 2. The highest BCUT2D eigenvalue weighted by Gasteiger charge is 2.10. The average Bonchev–Trinajstić information content (AvgIpc) is 1.99. The summed E-state index contributed by atoms with van der Waals surface area (Å²) in [5.74, 6) is -1.27. The van der Waals surface area contributed by atoms with E-state index in [0.717, 1.165) is 0 Å². The second kappa shape index (κ2) is 5.18. The van der Waals surface area contributed by atoms with Crippen LogP contribution in [0.2, 0.25) is 0 Å². The van der Waals surface area contributed by atoms with Crippen LogP contribution in [0, 0.1) is 0 Å². The molecule has 3 nitrogen and oxygen atoms in total. The molecular weight excluding hydrogens is 156 g/mol. The van der Waals surface area contributed by atoms with Crippen molar-refractivity contribution < 1.29 is 15.0 Å². The topological polar surface area (TPSA) is 57.5 Å². The highest BCUT2D eigenvalue weighted by atomic mass is 16.4. The molecule has 0 unspecified atom stereocenters. The first kappa shape index (κ1) is 10.5. The normalized spacial score (nSPS) is 11.7. The van der Waals surface area contributed by atoms with Crippen molar-refractivity contribution in [3.63, 3.8) is 0 Å². The fraction of sp³-hybridized carbons (Fsp3) is 0.222. The van der Waals surface area contributed by atoms with Gasteiger partial charge in [0.15, 0.2) is 0 Å². The van der Waals surface area contributed by atoms with Gasteiger partial charge < -0.3 is 10.2 Å². The summed E-state index contributed by atoms with van der Waals surface area (Å²) in [4.78, 5) is 10.5. The summed E-state index contributed by atoms with van der Waals surface area (Å²) in [6.07, 6.45) is 3.22. The molecule has 0 aliphatic carbocycles. The van der Waals surface area contributed by atoms with E-state index < -0.39 is 5.97 Å². The Kier molecular flexibility index (Phi) is 4.53. The molecule has 3 heteroatoms. The number of aliphatic hydroxyl groups is 1. The van der Waals surface area contributed by atoms with E-state index in [1.54, 1.807) is 0 Å². The smallest absolute Gasteiger partial charge is 0.335 e. The zero-order chi connectivity index (χ0) is 9.56. The molecule has 0 saturated carbocycles. The summed E-state index contributed by atoms with van der Waals surface area (Å²) in [6.45, 7) is 6.78. The van der Waals surface area contributed by atoms with Gasteiger partial charge in [-0.1, -0.05) is 12.2 Å². The molecule has 0 bridgehead atoms. The fourth-order valence-electron chi connectivity index (χ4n) is 0.733. The van der Waals surface area contributed by atoms with Gasteiger partial charge in [0.2, 0.25) is 0 Å². The number of carboxylic acids is 1. The molecule has 12 heavy (non-hydrogen) atoms. The lowest BCUT2D eigenvalue weighted by molar-refractivity contribution is -0.132. The molecule has 0 radical (unpaired) electrons. The summed E-state index contributed by atoms with van der Waals surface area (Å²) >= 11 is 0. The van der Waals surface area contributed by atoms with Gasteiger partial charge in [-0.15, -0.1) is 13.2 Å². The van der Waals surface area contributed by atoms with Crippen molar-refractivity contribution in [2.45, 2.75) is 12.8 Å². The van der Waals surface area contributed by atoms with Crippen molar-refractivity contribution in [2.75, 3.05) is 0 Å². The van der Waals surface area contributed by atoms with Gasteiger partial charge in [-0.3, -0.25) is 0 Å². The first-order valence-corrected chi connectivity index (χ1v) is 3.49. The van der Waals surface area contributed by atoms with E-state index in [1.165, 1.54) is 12.2 Å². The Morgan fingerprint density at radius 2 is 1.67 bits per heavy atom. The maximum absolute atomic E-state index is 10.5. The van der Waals surface area contributed by atoms with E-state index in [2.05, 4.69) is 13.2 Å². The molecule has 0 aliphatic rings. The molecule has 2 N–H and O–H groups in total. The molecular formula is C9H12O3. The Balaban J connectivity index is 4.64. The Bertz CT molecular complexity index is 226. The maximum atomic E-state index is 10.5. The van der Waals surface area contributed by atoms with Crippen LogP contribution in [0.4, 0.5) is 0 Å². The summed E-state index contributed by atoms with van der Waals surface area (Å²) in [5, 5.41) is 17.8. The molecule has 0 aromatic carbocycles. The lowest BCUT2D eigenvalue weighted by atomic mass is 10.1. The number of hydrogen-bond acceptors (Lipinski definition) is 2. The van der Waals surface area contributed by atoms with Crippen LogP contribution >= 0.6 is 0 Å². The molecule has 0 atom stereocenters. The second-order valence-corrected chi connectivity index (χ2v) is 2.22. The van der Waals surface area contributed by atoms with Gasteiger partial charge in [0.1, 0.15) is 5.76 Å². The van der Waals surface area contributed by atoms with Crippen LogP contribution in [0.3, 0.4) is 0 Å². The Hall–Kier alpha value is -1.51. The largest absolute Gasteiger partial charge is 0.511 e. The van der Waals surface area contributed by atoms with E-state index in [0.29, 0.717) is 0 Å². The van der Waals surface area contributed by atoms with Crippen LogP contribution in [0.25, 0.3) is 0 Å². The first-order valence-electron chi connectivity index (χ1n) is 3.49. The predicted octanol–water partition coefficient (Wildman–Crippen LogP) is 2.04. The van der Waals surface area contributed by atoms with E-state index in [-0.39, 0.29) is 24.2 Å². The van der Waals surface area contributed by atoms with Crippen LogP contribution in [0.1, 0.15) is 12.8 Å². The van der Waals surface area contributed by atoms with E-state index in [1.807, 2.05) is 0 Å². The van der Waals surface area contributed by atoms with Gasteiger partial charge in [0.25, 0.3) is 0 Å². The molecule has 0 rings (SSSR count). The van der Waals surface area contributed by atoms with Crippen molar-refractivity contribution in [1.29, 1.82) is 0 Å². The monoisotopic (exact) mass is 168 g/mol. The number of aliphatic carboxylic acids is 1. The Labute approximate surface area is 71.3 Å². The van der Waals surface area contributed by atoms with E-state index in [9.17, 15) is 9.90 Å². The summed E-state index contributed by atoms with van der Waals surface area (Å²) in [6, 6.07) is 0. The van der Waals surface area contributed by atoms with Crippen LogP contribution in [-0.4, -0.2) is 16.2 Å². The summed E-state index contributed by atoms with van der Waals surface area (Å²) in [7, 11) is 0. The lowest BCUT2D eigenvalue weighted by Gasteiger charge is -2.01. The standard InChI is InChI=1S/C9H12O3/c1-3-5-7(9(11)12)8(10)6-4-2/h3-4,10H,1-2,5-6H2,(H,11,12). The minimum atomic E-state index is -1.12. The Morgan fingerprint density at radius 3 is 2.00 bits per heavy atom. The Morgan fingerprint density at radius 1 is 1.17 bits per heavy atom. The number of carbonyl (C=O) groups is 1. The number of allylic oxidation sites excluding steroid dienone is 2. The summed E-state index contributed by atoms with van der Waals surface area (Å²) < 4.78 is 0. The molecule has 0 spiro atoms. The minimum Gasteiger partial charge on any atom is -0.511 e. The third-order valence-electron chi connectivity index (χ3n) is 1.29. The van der Waals surface area contributed by atoms with E-state index in [4.69, 9.17) is 5.11 Å². The number of carboxylic acid groups (broad SMARTS) is 1. The fourth-order valence-corrected chi connectivity index (χ4v) is 0.733. The number of rotatable bonds is 5. The van der Waals surface area contributed by atoms with Gasteiger partial charge in [0, 0.05) is 12.8 Å². The number of aliphatic hydroxyl groups excluding tert-OH is 1. The summed E-state index contributed by atoms with van der Waals surface area (Å²) in [5.41, 5.74) is -0.0232. The van der Waals surface area contributed by atoms with Crippen LogP contribution in [0.5, 0.6) is 0 Å². The SMILES string of the molecule is C=CCC(O)=C(CC=C)C(=O)O. The van der Waals surface area contributed by atoms with Gasteiger partial charge in [-0.25, -0.2) is 4.79 Å². The van der Waals surface area contributed by atoms with Gasteiger partial charge in [-0.05, 0) is 0 Å². The second-order valence-electron chi connectivity index (χ2n) is 2.22. The molecule has 66 valence electrons. The zero-order valence-electron chi connectivity index (χ0n) is 6.79. The lowest BCUT2D eigenvalue weighted by Crippen LogP contribution is -2.03. The average molecular weight is 168 g/mol. The van der Waals surface area contributed by atoms with Crippen LogP contribution in [-0.2, 0) is 4.79 Å². The molecule has 0 aliphatic heterocycles. The highest BCUT2D eigenvalue weighted by molar-refractivity contribution is 5.87. The predicted molar refractivity (Wildman–Crippen MR) is 46.9 cm³/mol. The van der Waals surface area contributed by atoms with Crippen LogP contribution < -0.4 is 0 Å². The van der Waals surface area contributed by atoms with Crippen LogP contribution in [0.15, 0.2) is 36.6 Å². The first-order chi connectivity index (χ1) is 5.63. The highest BCUT2D eigenvalue weighted by Crippen LogP contribution is 2.10. The van der Waals surface area contributed by atoms with E-state index >= 15 is 0 Å². The van der Waals surface area contributed by atoms with Crippen molar-refractivity contribution in [2.24, 2.45) is 0 Å². The zero-order valence-corrected chi connectivity index (χ0v) is 6.79. The molecule has 0 aromatic rings. The minimum absolute atomic E-state index is 0.0232. The van der Waals surface area contributed by atoms with Gasteiger partial charge in [-0.2, -0.15) is 0 Å². The van der Waals surface area contributed by atoms with Crippen molar-refractivity contribution in [1.82, 2.24) is 0 Å². The van der Waals surface area contributed by atoms with Crippen molar-refractivity contribution in [3.05, 3.63) is 36.6 Å². The van der Waals surface area contributed by atoms with Crippen molar-refractivity contribution in [3.8, 4) is 0 Å². The van der Waals surface area contributed by atoms with Gasteiger partial charge in [0.05, 0.1) is 5.57 Å².